The summed E-state index contributed by atoms with van der Waals surface area (Å²) in [6, 6.07) is 0. The van der Waals surface area contributed by atoms with E-state index in [4.69, 9.17) is 4.74 Å². The van der Waals surface area contributed by atoms with Gasteiger partial charge in [-0.3, -0.25) is 0 Å². The number of hydrogen-bond acceptors (Lipinski definition) is 1. The molecule has 0 spiro atoms. The first kappa shape index (κ1) is 8.06. The Morgan fingerprint density at radius 1 is 1.50 bits per heavy atom. The van der Waals surface area contributed by atoms with Crippen molar-refractivity contribution in [3.05, 3.63) is 0 Å². The van der Waals surface area contributed by atoms with Gasteiger partial charge in [-0.2, -0.15) is 0 Å². The first-order valence-electron chi connectivity index (χ1n) is 4.44. The molecule has 1 heteroatoms. The Kier molecular flexibility index (Phi) is 3.20. The van der Waals surface area contributed by atoms with Crippen molar-refractivity contribution in [1.29, 1.82) is 0 Å². The topological polar surface area (TPSA) is 9.23 Å². The van der Waals surface area contributed by atoms with Gasteiger partial charge in [0, 0.05) is 6.61 Å². The Labute approximate surface area is 63.8 Å². The molecule has 0 aromatic carbocycles. The maximum Gasteiger partial charge on any atom is 0.0577 e. The summed E-state index contributed by atoms with van der Waals surface area (Å²) in [6.45, 7) is 5.54. The first-order chi connectivity index (χ1) is 4.83. The van der Waals surface area contributed by atoms with Crippen LogP contribution in [0.2, 0.25) is 0 Å². The lowest BCUT2D eigenvalue weighted by molar-refractivity contribution is -0.00950. The average Bonchev–Trinajstić information content (AvgIpc) is 1.88. The summed E-state index contributed by atoms with van der Waals surface area (Å²) >= 11 is 0. The third kappa shape index (κ3) is 2.30. The minimum absolute atomic E-state index is 0.578. The minimum Gasteiger partial charge on any atom is -0.378 e. The van der Waals surface area contributed by atoms with Crippen molar-refractivity contribution in [2.45, 2.75) is 45.6 Å². The Hall–Kier alpha value is -0.0400. The fourth-order valence-corrected chi connectivity index (χ4v) is 1.59. The number of ether oxygens (including phenoxy) is 1. The van der Waals surface area contributed by atoms with Gasteiger partial charge in [0.05, 0.1) is 6.10 Å². The van der Waals surface area contributed by atoms with Crippen LogP contribution in [0.25, 0.3) is 0 Å². The molecule has 1 heterocycles. The van der Waals surface area contributed by atoms with E-state index in [-0.39, 0.29) is 0 Å². The van der Waals surface area contributed by atoms with E-state index in [9.17, 15) is 0 Å². The van der Waals surface area contributed by atoms with E-state index in [0.29, 0.717) is 6.10 Å². The molecule has 1 fully saturated rings. The highest BCUT2D eigenvalue weighted by Gasteiger charge is 2.17. The molecule has 0 bridgehead atoms. The van der Waals surface area contributed by atoms with E-state index in [1.807, 2.05) is 0 Å². The third-order valence-electron chi connectivity index (χ3n) is 2.24. The largest absolute Gasteiger partial charge is 0.378 e. The zero-order valence-corrected chi connectivity index (χ0v) is 7.10. The second-order valence-corrected chi connectivity index (χ2v) is 3.41. The molecule has 2 atom stereocenters. The highest BCUT2D eigenvalue weighted by molar-refractivity contribution is 4.67. The fraction of sp³-hybridized carbons (Fsp3) is 1.00. The predicted molar refractivity (Wildman–Crippen MR) is 43.0 cm³/mol. The molecule has 10 heavy (non-hydrogen) atoms. The van der Waals surface area contributed by atoms with Crippen LogP contribution in [0, 0.1) is 5.92 Å². The third-order valence-corrected chi connectivity index (χ3v) is 2.24. The van der Waals surface area contributed by atoms with Gasteiger partial charge in [-0.1, -0.05) is 20.3 Å². The Morgan fingerprint density at radius 3 is 2.90 bits per heavy atom. The summed E-state index contributed by atoms with van der Waals surface area (Å²) in [6.07, 6.45) is 5.64. The van der Waals surface area contributed by atoms with Gasteiger partial charge in [0.2, 0.25) is 0 Å². The maximum absolute atomic E-state index is 5.59. The lowest BCUT2D eigenvalue weighted by Crippen LogP contribution is -2.23. The Bertz CT molecular complexity index is 88.7. The summed E-state index contributed by atoms with van der Waals surface area (Å²) in [5.74, 6) is 0.894. The lowest BCUT2D eigenvalue weighted by atomic mass is 9.95. The molecule has 0 amide bonds. The van der Waals surface area contributed by atoms with Crippen LogP contribution in [0.15, 0.2) is 0 Å². The van der Waals surface area contributed by atoms with Crippen LogP contribution in [0.4, 0.5) is 0 Å². The van der Waals surface area contributed by atoms with Crippen molar-refractivity contribution in [3.63, 3.8) is 0 Å². The van der Waals surface area contributed by atoms with Gasteiger partial charge in [-0.25, -0.2) is 0 Å². The molecule has 1 nitrogen and oxygen atoms in total. The van der Waals surface area contributed by atoms with Gasteiger partial charge in [-0.05, 0) is 25.2 Å². The Balaban J connectivity index is 2.18. The zero-order chi connectivity index (χ0) is 7.40. The monoisotopic (exact) mass is 142 g/mol. The van der Waals surface area contributed by atoms with Crippen LogP contribution in [0.5, 0.6) is 0 Å². The number of hydrogen-bond donors (Lipinski definition) is 0. The molecule has 0 aromatic rings. The molecule has 1 saturated heterocycles. The van der Waals surface area contributed by atoms with Crippen LogP contribution in [-0.4, -0.2) is 12.7 Å². The summed E-state index contributed by atoms with van der Waals surface area (Å²) < 4.78 is 5.59. The van der Waals surface area contributed by atoms with Gasteiger partial charge in [0.1, 0.15) is 0 Å². The van der Waals surface area contributed by atoms with E-state index in [1.54, 1.807) is 0 Å². The van der Waals surface area contributed by atoms with Crippen LogP contribution in [0.1, 0.15) is 39.5 Å². The minimum atomic E-state index is 0.578. The van der Waals surface area contributed by atoms with Crippen molar-refractivity contribution < 1.29 is 4.74 Å². The van der Waals surface area contributed by atoms with E-state index in [1.165, 1.54) is 25.7 Å². The van der Waals surface area contributed by atoms with E-state index >= 15 is 0 Å². The van der Waals surface area contributed by atoms with Crippen LogP contribution in [-0.2, 0) is 4.74 Å². The molecule has 1 aliphatic rings. The molecule has 0 aromatic heterocycles. The predicted octanol–water partition coefficient (Wildman–Crippen LogP) is 2.60. The maximum atomic E-state index is 5.59. The standard InChI is InChI=1S/C9H18O/c1-3-4-9-7-8(2)5-6-10-9/h8-9H,3-7H2,1-2H3. The van der Waals surface area contributed by atoms with Crippen LogP contribution in [0.3, 0.4) is 0 Å². The first-order valence-corrected chi connectivity index (χ1v) is 4.44. The molecule has 0 aliphatic carbocycles. The van der Waals surface area contributed by atoms with Crippen LogP contribution >= 0.6 is 0 Å². The molecule has 0 radical (unpaired) electrons. The SMILES string of the molecule is CCCC1CC(C)CCO1. The normalized spacial score (nSPS) is 34.2. The highest BCUT2D eigenvalue weighted by Crippen LogP contribution is 2.21. The van der Waals surface area contributed by atoms with Gasteiger partial charge in [-0.15, -0.1) is 0 Å². The van der Waals surface area contributed by atoms with E-state index in [0.717, 1.165) is 12.5 Å². The smallest absolute Gasteiger partial charge is 0.0577 e. The molecule has 0 N–H and O–H groups in total. The Morgan fingerprint density at radius 2 is 2.30 bits per heavy atom. The van der Waals surface area contributed by atoms with Crippen molar-refractivity contribution in [2.75, 3.05) is 6.61 Å². The number of rotatable bonds is 2. The molecular weight excluding hydrogens is 124 g/mol. The average molecular weight is 142 g/mol. The van der Waals surface area contributed by atoms with Crippen LogP contribution < -0.4 is 0 Å². The van der Waals surface area contributed by atoms with Crippen molar-refractivity contribution >= 4 is 0 Å². The highest BCUT2D eigenvalue weighted by atomic mass is 16.5. The van der Waals surface area contributed by atoms with Crippen molar-refractivity contribution in [2.24, 2.45) is 5.92 Å². The van der Waals surface area contributed by atoms with Crippen molar-refractivity contribution in [3.8, 4) is 0 Å². The van der Waals surface area contributed by atoms with Gasteiger partial charge in [0.25, 0.3) is 0 Å². The molecule has 2 unspecified atom stereocenters. The summed E-state index contributed by atoms with van der Waals surface area (Å²) in [5.41, 5.74) is 0. The van der Waals surface area contributed by atoms with Gasteiger partial charge >= 0.3 is 0 Å². The zero-order valence-electron chi connectivity index (χ0n) is 7.10. The van der Waals surface area contributed by atoms with Crippen molar-refractivity contribution in [1.82, 2.24) is 0 Å². The van der Waals surface area contributed by atoms with Gasteiger partial charge < -0.3 is 4.74 Å². The van der Waals surface area contributed by atoms with E-state index in [2.05, 4.69) is 13.8 Å². The second-order valence-electron chi connectivity index (χ2n) is 3.41. The molecular formula is C9H18O. The molecule has 1 rings (SSSR count). The molecule has 60 valence electrons. The lowest BCUT2D eigenvalue weighted by Gasteiger charge is -2.26. The molecule has 1 aliphatic heterocycles. The fourth-order valence-electron chi connectivity index (χ4n) is 1.59. The van der Waals surface area contributed by atoms with Gasteiger partial charge in [0.15, 0.2) is 0 Å². The summed E-state index contributed by atoms with van der Waals surface area (Å²) in [7, 11) is 0. The summed E-state index contributed by atoms with van der Waals surface area (Å²) in [5, 5.41) is 0. The second kappa shape index (κ2) is 3.97. The van der Waals surface area contributed by atoms with E-state index < -0.39 is 0 Å². The quantitative estimate of drug-likeness (QED) is 0.576. The summed E-state index contributed by atoms with van der Waals surface area (Å²) in [4.78, 5) is 0. The molecule has 0 saturated carbocycles.